The zero-order valence-corrected chi connectivity index (χ0v) is 16.6. The second kappa shape index (κ2) is 9.91. The number of hydrogen-bond donors (Lipinski definition) is 3. The number of hydrogen-bond acceptors (Lipinski definition) is 4. The van der Waals surface area contributed by atoms with Gasteiger partial charge in [-0.15, -0.1) is 11.3 Å². The Morgan fingerprint density at radius 2 is 1.85 bits per heavy atom. The van der Waals surface area contributed by atoms with Crippen molar-refractivity contribution >= 4 is 23.2 Å². The number of nitrogens with zero attached hydrogens (tertiary/aromatic N) is 2. The summed E-state index contributed by atoms with van der Waals surface area (Å²) in [5.74, 6) is 1.03. The van der Waals surface area contributed by atoms with Gasteiger partial charge < -0.3 is 16.0 Å². The molecule has 26 heavy (non-hydrogen) atoms. The first-order valence-electron chi connectivity index (χ1n) is 8.70. The monoisotopic (exact) mass is 373 g/mol. The normalized spacial score (nSPS) is 12.5. The summed E-state index contributed by atoms with van der Waals surface area (Å²) < 4.78 is 0. The molecule has 1 atom stereocenters. The lowest BCUT2D eigenvalue weighted by Crippen LogP contribution is -2.42. The molecule has 0 aliphatic heterocycles. The first-order valence-corrected chi connectivity index (χ1v) is 9.58. The molecule has 0 saturated carbocycles. The van der Waals surface area contributed by atoms with Gasteiger partial charge in [-0.25, -0.2) is 4.98 Å². The SMILES string of the molecule is CN=C(NCCNC(=O)c1scnc1C)NCC(C)c1ccc(C)cc1. The Bertz CT molecular complexity index is 739. The minimum absolute atomic E-state index is 0.0808. The van der Waals surface area contributed by atoms with Crippen LogP contribution in [0.3, 0.4) is 0 Å². The highest BCUT2D eigenvalue weighted by atomic mass is 32.1. The lowest BCUT2D eigenvalue weighted by molar-refractivity contribution is 0.0957. The summed E-state index contributed by atoms with van der Waals surface area (Å²) >= 11 is 1.36. The average molecular weight is 374 g/mol. The number of guanidine groups is 1. The van der Waals surface area contributed by atoms with Gasteiger partial charge in [0.25, 0.3) is 5.91 Å². The van der Waals surface area contributed by atoms with Crippen LogP contribution >= 0.6 is 11.3 Å². The molecule has 1 unspecified atom stereocenters. The third kappa shape index (κ3) is 5.84. The fourth-order valence-electron chi connectivity index (χ4n) is 2.44. The van der Waals surface area contributed by atoms with Crippen LogP contribution in [0, 0.1) is 13.8 Å². The van der Waals surface area contributed by atoms with Gasteiger partial charge in [0.1, 0.15) is 4.88 Å². The molecular weight excluding hydrogens is 346 g/mol. The van der Waals surface area contributed by atoms with Crippen LogP contribution in [-0.4, -0.2) is 43.5 Å². The van der Waals surface area contributed by atoms with Gasteiger partial charge in [-0.2, -0.15) is 0 Å². The second-order valence-corrected chi connectivity index (χ2v) is 7.07. The van der Waals surface area contributed by atoms with Crippen LogP contribution in [0.5, 0.6) is 0 Å². The Labute approximate surface area is 159 Å². The average Bonchev–Trinajstić information content (AvgIpc) is 3.07. The molecule has 3 N–H and O–H groups in total. The van der Waals surface area contributed by atoms with E-state index in [-0.39, 0.29) is 5.91 Å². The molecule has 1 heterocycles. The predicted molar refractivity (Wildman–Crippen MR) is 108 cm³/mol. The number of nitrogens with one attached hydrogen (secondary N) is 3. The standard InChI is InChI=1S/C19H27N5OS/c1-13-5-7-16(8-6-13)14(2)11-23-19(20-4)22-10-9-21-18(25)17-15(3)24-12-26-17/h5-8,12,14H,9-11H2,1-4H3,(H,21,25)(H2,20,22,23). The number of carbonyl (C=O) groups excluding carboxylic acids is 1. The summed E-state index contributed by atoms with van der Waals surface area (Å²) in [4.78, 5) is 21.0. The van der Waals surface area contributed by atoms with Gasteiger partial charge in [0.15, 0.2) is 5.96 Å². The molecule has 0 bridgehead atoms. The quantitative estimate of drug-likeness (QED) is 0.396. The number of carbonyl (C=O) groups is 1. The van der Waals surface area contributed by atoms with E-state index in [9.17, 15) is 4.79 Å². The highest BCUT2D eigenvalue weighted by molar-refractivity contribution is 7.11. The molecule has 0 radical (unpaired) electrons. The molecule has 0 aliphatic carbocycles. The van der Waals surface area contributed by atoms with Crippen molar-refractivity contribution in [2.45, 2.75) is 26.7 Å². The van der Waals surface area contributed by atoms with Gasteiger partial charge in [0.05, 0.1) is 11.2 Å². The summed E-state index contributed by atoms with van der Waals surface area (Å²) in [5.41, 5.74) is 5.01. The van der Waals surface area contributed by atoms with E-state index in [1.54, 1.807) is 12.6 Å². The van der Waals surface area contributed by atoms with Crippen LogP contribution in [0.2, 0.25) is 0 Å². The van der Waals surface area contributed by atoms with E-state index in [0.717, 1.165) is 18.2 Å². The Morgan fingerprint density at radius 1 is 1.15 bits per heavy atom. The Morgan fingerprint density at radius 3 is 2.46 bits per heavy atom. The number of aryl methyl sites for hydroxylation is 2. The van der Waals surface area contributed by atoms with Gasteiger partial charge in [-0.1, -0.05) is 36.8 Å². The van der Waals surface area contributed by atoms with E-state index in [1.165, 1.54) is 22.5 Å². The van der Waals surface area contributed by atoms with E-state index < -0.39 is 0 Å². The van der Waals surface area contributed by atoms with E-state index in [1.807, 2.05) is 6.92 Å². The van der Waals surface area contributed by atoms with Gasteiger partial charge in [-0.05, 0) is 25.3 Å². The van der Waals surface area contributed by atoms with Crippen molar-refractivity contribution in [3.05, 3.63) is 51.5 Å². The predicted octanol–water partition coefficient (Wildman–Crippen LogP) is 2.46. The van der Waals surface area contributed by atoms with E-state index in [0.29, 0.717) is 23.9 Å². The van der Waals surface area contributed by atoms with Crippen molar-refractivity contribution in [3.8, 4) is 0 Å². The van der Waals surface area contributed by atoms with Crippen molar-refractivity contribution < 1.29 is 4.79 Å². The molecule has 7 heteroatoms. The first-order chi connectivity index (χ1) is 12.5. The number of aromatic nitrogens is 1. The molecule has 1 aromatic carbocycles. The van der Waals surface area contributed by atoms with Gasteiger partial charge in [-0.3, -0.25) is 9.79 Å². The molecule has 0 fully saturated rings. The lowest BCUT2D eigenvalue weighted by atomic mass is 10.0. The number of amides is 1. The second-order valence-electron chi connectivity index (χ2n) is 6.21. The van der Waals surface area contributed by atoms with Crippen LogP contribution in [0.4, 0.5) is 0 Å². The molecule has 1 aromatic heterocycles. The third-order valence-corrected chi connectivity index (χ3v) is 5.03. The lowest BCUT2D eigenvalue weighted by Gasteiger charge is -2.16. The van der Waals surface area contributed by atoms with Gasteiger partial charge >= 0.3 is 0 Å². The summed E-state index contributed by atoms with van der Waals surface area (Å²) in [5, 5.41) is 9.43. The molecule has 0 saturated heterocycles. The van der Waals surface area contributed by atoms with Crippen molar-refractivity contribution in [2.75, 3.05) is 26.7 Å². The summed E-state index contributed by atoms with van der Waals surface area (Å²) in [6.07, 6.45) is 0. The van der Waals surface area contributed by atoms with Crippen molar-refractivity contribution in [1.29, 1.82) is 0 Å². The minimum Gasteiger partial charge on any atom is -0.356 e. The zero-order chi connectivity index (χ0) is 18.9. The van der Waals surface area contributed by atoms with Gasteiger partial charge in [0.2, 0.25) is 0 Å². The van der Waals surface area contributed by atoms with E-state index in [4.69, 9.17) is 0 Å². The van der Waals surface area contributed by atoms with Crippen LogP contribution in [0.25, 0.3) is 0 Å². The fraction of sp³-hybridized carbons (Fsp3) is 0.421. The summed E-state index contributed by atoms with van der Waals surface area (Å²) in [6.45, 7) is 8.02. The topological polar surface area (TPSA) is 78.4 Å². The molecule has 0 spiro atoms. The Balaban J connectivity index is 1.70. The Kier molecular flexibility index (Phi) is 7.59. The van der Waals surface area contributed by atoms with Crippen molar-refractivity contribution in [1.82, 2.24) is 20.9 Å². The number of rotatable bonds is 7. The maximum absolute atomic E-state index is 12.0. The summed E-state index contributed by atoms with van der Waals surface area (Å²) in [6, 6.07) is 8.59. The number of thiazole rings is 1. The zero-order valence-electron chi connectivity index (χ0n) is 15.8. The molecule has 2 aromatic rings. The minimum atomic E-state index is -0.0808. The first kappa shape index (κ1) is 19.9. The Hall–Kier alpha value is -2.41. The highest BCUT2D eigenvalue weighted by Crippen LogP contribution is 2.14. The highest BCUT2D eigenvalue weighted by Gasteiger charge is 2.11. The number of aliphatic imine (C=N–C) groups is 1. The van der Waals surface area contributed by atoms with Crippen LogP contribution in [0.15, 0.2) is 34.8 Å². The molecule has 140 valence electrons. The van der Waals surface area contributed by atoms with Crippen LogP contribution < -0.4 is 16.0 Å². The maximum Gasteiger partial charge on any atom is 0.263 e. The third-order valence-electron chi connectivity index (χ3n) is 4.10. The largest absolute Gasteiger partial charge is 0.356 e. The van der Waals surface area contributed by atoms with Crippen molar-refractivity contribution in [3.63, 3.8) is 0 Å². The van der Waals surface area contributed by atoms with Crippen LogP contribution in [0.1, 0.15) is 39.3 Å². The maximum atomic E-state index is 12.0. The number of benzene rings is 1. The van der Waals surface area contributed by atoms with Gasteiger partial charge in [0, 0.05) is 26.7 Å². The molecule has 1 amide bonds. The van der Waals surface area contributed by atoms with Crippen molar-refractivity contribution in [2.24, 2.45) is 4.99 Å². The van der Waals surface area contributed by atoms with E-state index >= 15 is 0 Å². The molecular formula is C19H27N5OS. The van der Waals surface area contributed by atoms with E-state index in [2.05, 4.69) is 64.0 Å². The smallest absolute Gasteiger partial charge is 0.263 e. The molecule has 6 nitrogen and oxygen atoms in total. The summed E-state index contributed by atoms with van der Waals surface area (Å²) in [7, 11) is 1.74. The van der Waals surface area contributed by atoms with Crippen LogP contribution in [-0.2, 0) is 0 Å². The molecule has 0 aliphatic rings. The fourth-order valence-corrected chi connectivity index (χ4v) is 3.16. The molecule has 2 rings (SSSR count).